The molecule has 2 aliphatic rings. The van der Waals surface area contributed by atoms with E-state index in [9.17, 15) is 53.9 Å². The van der Waals surface area contributed by atoms with Crippen molar-refractivity contribution in [3.05, 3.63) is 204 Å². The summed E-state index contributed by atoms with van der Waals surface area (Å²) >= 11 is 17.6. The number of aryl methyl sites for hydroxylation is 1. The number of H-pyrrole nitrogens is 3. The molecule has 0 spiro atoms. The van der Waals surface area contributed by atoms with Crippen molar-refractivity contribution in [3.63, 3.8) is 0 Å². The molecule has 2 aliphatic heterocycles. The van der Waals surface area contributed by atoms with E-state index in [1.807, 2.05) is 6.92 Å². The molecular formula is C73H66BBr3F9N12O12S4. The van der Waals surface area contributed by atoms with Gasteiger partial charge in [-0.05, 0) is 151 Å². The third-order valence-electron chi connectivity index (χ3n) is 16.8. The van der Waals surface area contributed by atoms with Crippen molar-refractivity contribution in [2.75, 3.05) is 47.5 Å². The number of hydrogen-bond donors (Lipinski definition) is 5. The third-order valence-corrected chi connectivity index (χ3v) is 22.0. The van der Waals surface area contributed by atoms with Crippen molar-refractivity contribution in [1.29, 1.82) is 0 Å². The molecule has 0 saturated carbocycles. The number of thiazole rings is 3. The zero-order valence-corrected chi connectivity index (χ0v) is 68.4. The van der Waals surface area contributed by atoms with Gasteiger partial charge in [0.05, 0.1) is 95.4 Å². The monoisotopic (exact) mass is 1850 g/mol. The van der Waals surface area contributed by atoms with Crippen molar-refractivity contribution in [3.8, 4) is 100 Å². The first-order chi connectivity index (χ1) is 54.6. The topological polar surface area (TPSA) is 298 Å². The number of halogens is 12. The van der Waals surface area contributed by atoms with Crippen LogP contribution in [0.2, 0.25) is 0 Å². The second-order valence-electron chi connectivity index (χ2n) is 24.5. The maximum atomic E-state index is 13.0. The predicted molar refractivity (Wildman–Crippen MR) is 424 cm³/mol. The van der Waals surface area contributed by atoms with Gasteiger partial charge in [0.15, 0.2) is 17.5 Å². The summed E-state index contributed by atoms with van der Waals surface area (Å²) in [4.78, 5) is 60.0. The molecule has 0 unspecified atom stereocenters. The molecule has 0 amide bonds. The van der Waals surface area contributed by atoms with Crippen LogP contribution in [-0.4, -0.2) is 105 Å². The van der Waals surface area contributed by atoms with Gasteiger partial charge in [-0.25, -0.2) is 29.3 Å². The average molecular weight is 1850 g/mol. The van der Waals surface area contributed by atoms with Crippen LogP contribution in [0.4, 0.5) is 39.5 Å². The normalized spacial score (nSPS) is 13.0. The van der Waals surface area contributed by atoms with Crippen LogP contribution in [0.1, 0.15) is 86.9 Å². The molecule has 1 radical (unpaired) electrons. The molecule has 6 aromatic heterocycles. The number of nitrogens with one attached hydrogen (secondary N) is 4. The third kappa shape index (κ3) is 23.7. The van der Waals surface area contributed by atoms with Crippen LogP contribution in [0.25, 0.3) is 65.9 Å². The fraction of sp³-hybridized carbons (Fsp3) is 0.301. The molecule has 24 nitrogen and oxygen atoms in total. The van der Waals surface area contributed by atoms with Gasteiger partial charge >= 0.3 is 60.6 Å². The van der Waals surface area contributed by atoms with Gasteiger partial charge in [-0.1, -0.05) is 80.6 Å². The zero-order chi connectivity index (χ0) is 81.9. The van der Waals surface area contributed by atoms with E-state index in [2.05, 4.69) is 137 Å². The van der Waals surface area contributed by atoms with Gasteiger partial charge in [0.25, 0.3) is 0 Å². The van der Waals surface area contributed by atoms with Crippen LogP contribution in [0.3, 0.4) is 0 Å². The molecule has 12 aromatic rings. The molecule has 2 saturated heterocycles. The number of thiol groups is 1. The number of ether oxygens (including phenoxy) is 6. The summed E-state index contributed by atoms with van der Waals surface area (Å²) < 4.78 is 168. The van der Waals surface area contributed by atoms with Crippen LogP contribution in [0.15, 0.2) is 156 Å². The van der Waals surface area contributed by atoms with E-state index in [1.54, 1.807) is 42.5 Å². The quantitative estimate of drug-likeness (QED) is 0.0193. The molecule has 0 atom stereocenters. The number of alkyl halides is 10. The fourth-order valence-electron chi connectivity index (χ4n) is 11.1. The molecule has 601 valence electrons. The first-order valence-corrected chi connectivity index (χ1v) is 39.6. The Hall–Kier alpha value is -9.23. The summed E-state index contributed by atoms with van der Waals surface area (Å²) in [6.07, 6.45) is -5.51. The van der Waals surface area contributed by atoms with Gasteiger partial charge in [0, 0.05) is 46.8 Å². The molecule has 41 heteroatoms. The van der Waals surface area contributed by atoms with Crippen molar-refractivity contribution in [1.82, 2.24) is 55.6 Å². The Morgan fingerprint density at radius 2 is 0.877 bits per heavy atom. The summed E-state index contributed by atoms with van der Waals surface area (Å²) in [5.41, 5.74) is 3.52. The molecule has 6 aromatic carbocycles. The van der Waals surface area contributed by atoms with Crippen molar-refractivity contribution < 1.29 is 81.5 Å². The number of rotatable bonds is 21. The van der Waals surface area contributed by atoms with Crippen LogP contribution in [-0.2, 0) is 50.2 Å². The predicted octanol–water partition coefficient (Wildman–Crippen LogP) is 18.9. The van der Waals surface area contributed by atoms with Gasteiger partial charge in [-0.3, -0.25) is 33.4 Å². The van der Waals surface area contributed by atoms with E-state index in [-0.39, 0.29) is 37.3 Å². The first-order valence-electron chi connectivity index (χ1n) is 34.1. The minimum absolute atomic E-state index is 0.168. The molecule has 2 fully saturated rings. The second-order valence-corrected chi connectivity index (χ2v) is 30.2. The second kappa shape index (κ2) is 40.4. The summed E-state index contributed by atoms with van der Waals surface area (Å²) in [5.74, 6) is 1.34. The molecule has 8 heterocycles. The summed E-state index contributed by atoms with van der Waals surface area (Å²) in [6.45, 7) is 7.48. The molecule has 114 heavy (non-hydrogen) atoms. The molecular weight excluding hydrogens is 1790 g/mol. The summed E-state index contributed by atoms with van der Waals surface area (Å²) in [7, 11) is 8.77. The Kier molecular flexibility index (Phi) is 30.9. The van der Waals surface area contributed by atoms with Crippen LogP contribution in [0, 0.1) is 6.92 Å². The fourth-order valence-corrected chi connectivity index (χ4v) is 15.6. The Morgan fingerprint density at radius 3 is 1.25 bits per heavy atom. The van der Waals surface area contributed by atoms with E-state index >= 15 is 0 Å². The maximum absolute atomic E-state index is 13.0. The number of piperidine rings is 2. The van der Waals surface area contributed by atoms with Crippen LogP contribution < -0.4 is 51.0 Å². The van der Waals surface area contributed by atoms with Crippen LogP contribution >= 0.6 is 94.6 Å². The number of benzene rings is 6. The van der Waals surface area contributed by atoms with Gasteiger partial charge < -0.3 is 33.7 Å². The van der Waals surface area contributed by atoms with Gasteiger partial charge in [0.1, 0.15) is 69.3 Å². The Morgan fingerprint density at radius 1 is 0.500 bits per heavy atom. The minimum atomic E-state index is -4.40. The number of likely N-dealkylation sites (tertiary alicyclic amines) is 1. The number of methoxy groups -OCH3 is 3. The van der Waals surface area contributed by atoms with E-state index in [4.69, 9.17) is 33.4 Å². The average Bonchev–Trinajstić information content (AvgIpc) is 1.65. The van der Waals surface area contributed by atoms with E-state index in [1.165, 1.54) is 131 Å². The number of hydrogen-bond acceptors (Lipinski definition) is 25. The Labute approximate surface area is 686 Å². The first kappa shape index (κ1) is 87.2. The Bertz CT molecular complexity index is 5350. The number of nitrogens with zero attached hydrogens (tertiary/aromatic N) is 8. The van der Waals surface area contributed by atoms with Gasteiger partial charge in [-0.2, -0.15) is 39.5 Å². The summed E-state index contributed by atoms with van der Waals surface area (Å²) in [6, 6.07) is 26.5. The molecule has 14 rings (SSSR count). The molecule has 0 bridgehead atoms. The number of aromatic nitrogens is 9. The van der Waals surface area contributed by atoms with E-state index < -0.39 is 52.5 Å². The standard InChI is InChI=1S/C26H24BrF3N4O4S.C21H14Br2F3N3O4S.C21H16F3N3O4S.C5H11N.BHNS/c1-36-20-12-21(18(27)11-17(20)23-32-25(35)38-33-23)37-14-22-19(13-34-9-3-2-4-10-34)31-24(39-22)15-5-7-16(8-6-15)26(28,29)30;1-31-15-7-16(13(23)6-12(15)18-28-20(30)33-29-18)32-9-17-14(8-22)27-19(34-17)10-2-4-11(5-3-10)21(24,25)26;1-11-17(32-19(25-11)12-3-5-13(6-4-12)21(22,23)24)10-30-14-7-8-15(16(9-14)29-2)18-26-20(28)31-27-18;1-2-4-6-5-3-1;1-2-3/h5-8,11-12H,2-4,9-10,13-14H2,1H3,(H,32,33,35);2-7H,8-9H2,1H3,(H,28,29,30);3-9H,10H2,1-2H3,(H,26,27,28);6H,1-5H2;3H. The van der Waals surface area contributed by atoms with E-state index in [0.29, 0.717) is 104 Å². The van der Waals surface area contributed by atoms with Gasteiger partial charge in [0.2, 0.25) is 0 Å². The van der Waals surface area contributed by atoms with E-state index in [0.717, 1.165) is 94.0 Å². The van der Waals surface area contributed by atoms with Crippen molar-refractivity contribution >= 4 is 102 Å². The van der Waals surface area contributed by atoms with Gasteiger partial charge in [-0.15, -0.1) is 34.0 Å². The molecule has 4 N–H and O–H groups in total. The molecule has 0 aliphatic carbocycles. The van der Waals surface area contributed by atoms with Crippen molar-refractivity contribution in [2.24, 2.45) is 4.30 Å². The Balaban J connectivity index is 0.000000172. The van der Waals surface area contributed by atoms with Crippen molar-refractivity contribution in [2.45, 2.75) is 95.7 Å². The number of aromatic amines is 3. The zero-order valence-electron chi connectivity index (χ0n) is 60.3. The summed E-state index contributed by atoms with van der Waals surface area (Å²) in [5, 5.41) is 16.6. The van der Waals surface area contributed by atoms with Crippen LogP contribution in [0.5, 0.6) is 34.5 Å². The SMILES string of the molecule is C1CCNCC1.COc1cc(OCc2sc(-c3ccc(C(F)(F)F)cc3)nc2C)ccc1-c1noc(=O)[nH]1.COc1cc(OCc2sc(-c3ccc(C(F)(F)F)cc3)nc2CBr)c(Br)cc1-c1noc(=O)[nH]1.COc1cc(OCc2sc(-c3ccc(C(F)(F)F)cc3)nc2CN2CCCCC2)c(Br)cc1-c1noc(=O)[nH]1.[B]=NS.